The van der Waals surface area contributed by atoms with Crippen LogP contribution < -0.4 is 14.7 Å². The molecule has 0 N–H and O–H groups in total. The van der Waals surface area contributed by atoms with Crippen molar-refractivity contribution in [3.63, 3.8) is 0 Å². The Kier molecular flexibility index (Phi) is 10.0. The van der Waals surface area contributed by atoms with Crippen molar-refractivity contribution in [2.45, 2.75) is 192 Å². The molecule has 3 aliphatic heterocycles. The predicted molar refractivity (Wildman–Crippen MR) is 326 cm³/mol. The van der Waals surface area contributed by atoms with Gasteiger partial charge in [0.15, 0.2) is 0 Å². The van der Waals surface area contributed by atoms with E-state index in [0.29, 0.717) is 0 Å². The van der Waals surface area contributed by atoms with E-state index < -0.39 is 0 Å². The van der Waals surface area contributed by atoms with Gasteiger partial charge in [0.2, 0.25) is 0 Å². The fourth-order valence-corrected chi connectivity index (χ4v) is 17.1. The van der Waals surface area contributed by atoms with Crippen LogP contribution in [0.15, 0.2) is 121 Å². The van der Waals surface area contributed by atoms with E-state index in [1.165, 1.54) is 166 Å². The number of hydrogen-bond acceptors (Lipinski definition) is 4. The van der Waals surface area contributed by atoms with Crippen LogP contribution in [0.4, 0.5) is 45.5 Å². The largest absolute Gasteiger partial charge is 0.334 e. The molecular weight excluding hydrogens is 939 g/mol. The second-order valence-electron chi connectivity index (χ2n) is 28.7. The van der Waals surface area contributed by atoms with Gasteiger partial charge in [0.05, 0.1) is 28.3 Å². The summed E-state index contributed by atoms with van der Waals surface area (Å²) in [6.45, 7) is 34.6. The van der Waals surface area contributed by atoms with Gasteiger partial charge in [0.1, 0.15) is 0 Å². The molecule has 4 heterocycles. The summed E-state index contributed by atoms with van der Waals surface area (Å²) in [5.74, 6) is 0.0257. The summed E-state index contributed by atoms with van der Waals surface area (Å²) in [6.07, 6.45) is 9.62. The molecule has 14 rings (SSSR count). The maximum atomic E-state index is 2.82. The van der Waals surface area contributed by atoms with Gasteiger partial charge in [-0.15, -0.1) is 11.3 Å². The molecule has 7 aromatic carbocycles. The molecular formula is C72H79N3S. The summed E-state index contributed by atoms with van der Waals surface area (Å²) < 4.78 is 2.68. The minimum Gasteiger partial charge on any atom is -0.334 e. The fourth-order valence-electron chi connectivity index (χ4n) is 16.0. The smallest absolute Gasteiger partial charge is 0.0527 e. The van der Waals surface area contributed by atoms with Gasteiger partial charge in [-0.3, -0.25) is 0 Å². The summed E-state index contributed by atoms with van der Waals surface area (Å²) in [5, 5.41) is 2.66. The minimum atomic E-state index is -0.0813. The second-order valence-corrected chi connectivity index (χ2v) is 29.8. The average molecular weight is 1020 g/mol. The van der Waals surface area contributed by atoms with Gasteiger partial charge in [-0.2, -0.15) is 0 Å². The number of hydrogen-bond donors (Lipinski definition) is 0. The first-order valence-electron chi connectivity index (χ1n) is 29.0. The standard InChI is InChI=1S/C72H79N3S/c1-43-35-60-65-61(36-43)74(46-23-26-52-53(39-46)68(7,8)32-31-67(52,5)6)59-42-55-54(69(9,10)33-34-70(55,11)12)41-51(59)64(65)49-25-22-47(40-58(49)73(60)45-24-28-63-50(38-45)48-19-15-16-20-62(48)76-63)75-57-27-21-44(66(2,3)4)37-56(57)71(13)29-17-18-30-72(71,75)14/h15-16,19-28,35-42,64H,17-18,29-34H2,1-14H3. The lowest BCUT2D eigenvalue weighted by Gasteiger charge is -2.51. The number of benzene rings is 7. The second kappa shape index (κ2) is 15.7. The summed E-state index contributed by atoms with van der Waals surface area (Å²) in [4.78, 5) is 8.23. The third kappa shape index (κ3) is 6.64. The van der Waals surface area contributed by atoms with Crippen molar-refractivity contribution in [1.82, 2.24) is 0 Å². The van der Waals surface area contributed by atoms with Crippen molar-refractivity contribution in [2.24, 2.45) is 0 Å². The van der Waals surface area contributed by atoms with E-state index in [2.05, 4.69) is 233 Å². The zero-order valence-electron chi connectivity index (χ0n) is 48.0. The average Bonchev–Trinajstić information content (AvgIpc) is 3.86. The lowest BCUT2D eigenvalue weighted by atomic mass is 9.61. The van der Waals surface area contributed by atoms with Crippen LogP contribution in [-0.4, -0.2) is 5.54 Å². The topological polar surface area (TPSA) is 9.72 Å². The van der Waals surface area contributed by atoms with Crippen LogP contribution in [0.1, 0.15) is 203 Å². The third-order valence-corrected chi connectivity index (χ3v) is 22.3. The number of rotatable bonds is 3. The molecule has 1 aromatic heterocycles. The Morgan fingerprint density at radius 1 is 0.447 bits per heavy atom. The van der Waals surface area contributed by atoms with Gasteiger partial charge < -0.3 is 14.7 Å². The van der Waals surface area contributed by atoms with Crippen LogP contribution in [0, 0.1) is 6.92 Å². The third-order valence-electron chi connectivity index (χ3n) is 21.1. The van der Waals surface area contributed by atoms with E-state index in [4.69, 9.17) is 0 Å². The molecule has 1 saturated carbocycles. The summed E-state index contributed by atoms with van der Waals surface area (Å²) in [7, 11) is 0. The van der Waals surface area contributed by atoms with E-state index in [1.54, 1.807) is 0 Å². The Labute approximate surface area is 458 Å². The number of aryl methyl sites for hydroxylation is 1. The number of thiophene rings is 1. The van der Waals surface area contributed by atoms with Crippen LogP contribution in [0.25, 0.3) is 20.2 Å². The Balaban J connectivity index is 1.07. The molecule has 0 saturated heterocycles. The Morgan fingerprint density at radius 2 is 1.03 bits per heavy atom. The first-order chi connectivity index (χ1) is 35.9. The van der Waals surface area contributed by atoms with E-state index in [-0.39, 0.29) is 43.9 Å². The molecule has 0 radical (unpaired) electrons. The van der Waals surface area contributed by atoms with Crippen molar-refractivity contribution in [1.29, 1.82) is 0 Å². The van der Waals surface area contributed by atoms with E-state index in [1.807, 2.05) is 11.3 Å². The highest BCUT2D eigenvalue weighted by atomic mass is 32.1. The monoisotopic (exact) mass is 1020 g/mol. The molecule has 3 aliphatic carbocycles. The molecule has 0 amide bonds. The lowest BCUT2D eigenvalue weighted by molar-refractivity contribution is 0.195. The fraction of sp³-hybridized carbons (Fsp3) is 0.417. The summed E-state index contributed by atoms with van der Waals surface area (Å²) >= 11 is 1.91. The van der Waals surface area contributed by atoms with Crippen LogP contribution in [0.2, 0.25) is 0 Å². The van der Waals surface area contributed by atoms with Gasteiger partial charge >= 0.3 is 0 Å². The van der Waals surface area contributed by atoms with Gasteiger partial charge in [-0.25, -0.2) is 0 Å². The molecule has 388 valence electrons. The Morgan fingerprint density at radius 3 is 1.72 bits per heavy atom. The molecule has 8 aromatic rings. The minimum absolute atomic E-state index is 0.0220. The zero-order chi connectivity index (χ0) is 53.0. The molecule has 0 bridgehead atoms. The molecule has 3 unspecified atom stereocenters. The van der Waals surface area contributed by atoms with Crippen molar-refractivity contribution < 1.29 is 0 Å². The van der Waals surface area contributed by atoms with Gasteiger partial charge in [0.25, 0.3) is 0 Å². The van der Waals surface area contributed by atoms with Gasteiger partial charge in [-0.1, -0.05) is 144 Å². The highest BCUT2D eigenvalue weighted by Crippen LogP contribution is 2.66. The first-order valence-corrected chi connectivity index (χ1v) is 29.8. The first kappa shape index (κ1) is 48.5. The van der Waals surface area contributed by atoms with Crippen molar-refractivity contribution in [3.05, 3.63) is 177 Å². The summed E-state index contributed by atoms with van der Waals surface area (Å²) in [6, 6.07) is 49.7. The number of anilines is 8. The van der Waals surface area contributed by atoms with Crippen molar-refractivity contribution in [2.75, 3.05) is 14.7 Å². The van der Waals surface area contributed by atoms with E-state index in [9.17, 15) is 0 Å². The molecule has 4 heteroatoms. The lowest BCUT2D eigenvalue weighted by Crippen LogP contribution is -2.54. The highest BCUT2D eigenvalue weighted by Gasteiger charge is 2.58. The normalized spacial score (nSPS) is 24.1. The highest BCUT2D eigenvalue weighted by molar-refractivity contribution is 7.25. The molecule has 0 spiro atoms. The van der Waals surface area contributed by atoms with Gasteiger partial charge in [0, 0.05) is 59.8 Å². The van der Waals surface area contributed by atoms with Crippen LogP contribution in [-0.2, 0) is 32.5 Å². The SMILES string of the molecule is Cc1cc2c3c(c1)N(c1ccc4c(c1)C(C)(C)CCC4(C)C)c1cc4c(cc1C3c1ccc(N3c5ccc(C(C)(C)C)cc5C5(C)CCCCC35C)cc1N2c1ccc2sc3ccccc3c2c1)C(C)(C)CCC4(C)C. The quantitative estimate of drug-likeness (QED) is 0.175. The summed E-state index contributed by atoms with van der Waals surface area (Å²) in [5.41, 5.74) is 25.2. The molecule has 1 fully saturated rings. The van der Waals surface area contributed by atoms with Crippen LogP contribution >= 0.6 is 11.3 Å². The van der Waals surface area contributed by atoms with Crippen molar-refractivity contribution in [3.8, 4) is 0 Å². The van der Waals surface area contributed by atoms with Crippen LogP contribution in [0.5, 0.6) is 0 Å². The van der Waals surface area contributed by atoms with Gasteiger partial charge in [-0.05, 0) is 202 Å². The number of nitrogens with zero attached hydrogens (tertiary/aromatic N) is 3. The maximum Gasteiger partial charge on any atom is 0.0527 e. The van der Waals surface area contributed by atoms with E-state index in [0.717, 1.165) is 6.42 Å². The Hall–Kier alpha value is -5.84. The number of fused-ring (bicyclic) bond motifs is 12. The predicted octanol–water partition coefficient (Wildman–Crippen LogP) is 20.8. The zero-order valence-corrected chi connectivity index (χ0v) is 48.8. The maximum absolute atomic E-state index is 2.82. The molecule has 76 heavy (non-hydrogen) atoms. The van der Waals surface area contributed by atoms with Crippen molar-refractivity contribution >= 4 is 77.0 Å². The van der Waals surface area contributed by atoms with E-state index >= 15 is 0 Å². The Bertz CT molecular complexity index is 3800. The van der Waals surface area contributed by atoms with Crippen LogP contribution in [0.3, 0.4) is 0 Å². The molecule has 3 atom stereocenters. The molecule has 6 aliphatic rings. The molecule has 3 nitrogen and oxygen atoms in total.